The molecule has 0 fully saturated rings. The first-order valence-electron chi connectivity index (χ1n) is 4.36. The fourth-order valence-corrected chi connectivity index (χ4v) is 1.86. The molecule has 1 aromatic rings. The first kappa shape index (κ1) is 10.5. The van der Waals surface area contributed by atoms with Gasteiger partial charge in [-0.05, 0) is 18.4 Å². The van der Waals surface area contributed by atoms with Gasteiger partial charge in [0, 0.05) is 33.0 Å². The SMILES string of the molecule is [C-]#[N+]C1CCCc2ccccc21.[Pt]. The Hall–Kier alpha value is -0.602. The molecular formula is C11H11NPt. The summed E-state index contributed by atoms with van der Waals surface area (Å²) in [4.78, 5) is 3.64. The summed E-state index contributed by atoms with van der Waals surface area (Å²) < 4.78 is 0. The van der Waals surface area contributed by atoms with Gasteiger partial charge in [-0.1, -0.05) is 24.3 Å². The van der Waals surface area contributed by atoms with Crippen molar-refractivity contribution in [1.29, 1.82) is 0 Å². The van der Waals surface area contributed by atoms with Gasteiger partial charge in [0.2, 0.25) is 6.04 Å². The molecule has 2 heteroatoms. The molecule has 0 bridgehead atoms. The fraction of sp³-hybridized carbons (Fsp3) is 0.364. The molecule has 0 radical (unpaired) electrons. The molecule has 1 atom stereocenters. The van der Waals surface area contributed by atoms with E-state index >= 15 is 0 Å². The maximum absolute atomic E-state index is 7.05. The average molecular weight is 352 g/mol. The Kier molecular flexibility index (Phi) is 3.69. The quantitative estimate of drug-likeness (QED) is 0.633. The fourth-order valence-electron chi connectivity index (χ4n) is 1.86. The van der Waals surface area contributed by atoms with E-state index in [0.29, 0.717) is 0 Å². The second kappa shape index (κ2) is 4.58. The second-order valence-electron chi connectivity index (χ2n) is 3.24. The average Bonchev–Trinajstić information content (AvgIpc) is 2.17. The van der Waals surface area contributed by atoms with Crippen molar-refractivity contribution in [3.8, 4) is 0 Å². The molecule has 1 aliphatic rings. The Morgan fingerprint density at radius 2 is 2.08 bits per heavy atom. The number of fused-ring (bicyclic) bond motifs is 1. The predicted octanol–water partition coefficient (Wildman–Crippen LogP) is 2.98. The van der Waals surface area contributed by atoms with Gasteiger partial charge < -0.3 is 4.85 Å². The maximum Gasteiger partial charge on any atom is 0.249 e. The molecular weight excluding hydrogens is 341 g/mol. The molecule has 0 aromatic heterocycles. The zero-order chi connectivity index (χ0) is 8.39. The predicted molar refractivity (Wildman–Crippen MR) is 48.7 cm³/mol. The van der Waals surface area contributed by atoms with Crippen LogP contribution in [0.25, 0.3) is 4.85 Å². The summed E-state index contributed by atoms with van der Waals surface area (Å²) in [5.41, 5.74) is 2.64. The van der Waals surface area contributed by atoms with E-state index in [-0.39, 0.29) is 27.1 Å². The van der Waals surface area contributed by atoms with Crippen LogP contribution in [0.4, 0.5) is 0 Å². The van der Waals surface area contributed by atoms with Gasteiger partial charge in [-0.25, -0.2) is 6.57 Å². The molecule has 0 aliphatic heterocycles. The van der Waals surface area contributed by atoms with Crippen molar-refractivity contribution < 1.29 is 21.1 Å². The Morgan fingerprint density at radius 1 is 1.31 bits per heavy atom. The van der Waals surface area contributed by atoms with E-state index < -0.39 is 0 Å². The van der Waals surface area contributed by atoms with E-state index in [0.717, 1.165) is 12.8 Å². The van der Waals surface area contributed by atoms with Crippen LogP contribution in [-0.4, -0.2) is 0 Å². The summed E-state index contributed by atoms with van der Waals surface area (Å²) in [5, 5.41) is 0. The summed E-state index contributed by atoms with van der Waals surface area (Å²) >= 11 is 0. The third-order valence-corrected chi connectivity index (χ3v) is 2.49. The first-order chi connectivity index (χ1) is 5.92. The molecule has 1 aromatic carbocycles. The van der Waals surface area contributed by atoms with Crippen molar-refractivity contribution in [2.75, 3.05) is 0 Å². The standard InChI is InChI=1S/C11H11N.Pt/c1-12-11-8-4-6-9-5-2-3-7-10(9)11;/h2-3,5,7,11H,4,6,8H2;. The second-order valence-corrected chi connectivity index (χ2v) is 3.24. The minimum absolute atomic E-state index is 0. The van der Waals surface area contributed by atoms with E-state index in [2.05, 4.69) is 23.0 Å². The van der Waals surface area contributed by atoms with Gasteiger partial charge in [-0.2, -0.15) is 0 Å². The normalized spacial score (nSPS) is 19.5. The zero-order valence-corrected chi connectivity index (χ0v) is 9.54. The molecule has 0 heterocycles. The van der Waals surface area contributed by atoms with Crippen molar-refractivity contribution >= 4 is 0 Å². The minimum atomic E-state index is 0. The van der Waals surface area contributed by atoms with Crippen molar-refractivity contribution in [2.24, 2.45) is 0 Å². The van der Waals surface area contributed by atoms with Crippen molar-refractivity contribution in [3.05, 3.63) is 46.8 Å². The van der Waals surface area contributed by atoms with Gasteiger partial charge in [0.05, 0.1) is 0 Å². The van der Waals surface area contributed by atoms with Crippen LogP contribution in [0, 0.1) is 6.57 Å². The van der Waals surface area contributed by atoms with Crippen LogP contribution in [0.5, 0.6) is 0 Å². The number of hydrogen-bond acceptors (Lipinski definition) is 0. The molecule has 0 saturated heterocycles. The van der Waals surface area contributed by atoms with Gasteiger partial charge in [0.25, 0.3) is 0 Å². The van der Waals surface area contributed by atoms with E-state index in [9.17, 15) is 0 Å². The molecule has 0 spiro atoms. The molecule has 2 rings (SSSR count). The molecule has 0 saturated carbocycles. The number of aryl methyl sites for hydroxylation is 1. The Morgan fingerprint density at radius 3 is 2.85 bits per heavy atom. The summed E-state index contributed by atoms with van der Waals surface area (Å²) in [5.74, 6) is 0. The van der Waals surface area contributed by atoms with Crippen LogP contribution in [0.15, 0.2) is 24.3 Å². The van der Waals surface area contributed by atoms with Gasteiger partial charge >= 0.3 is 0 Å². The van der Waals surface area contributed by atoms with Crippen LogP contribution >= 0.6 is 0 Å². The molecule has 1 nitrogen and oxygen atoms in total. The largest absolute Gasteiger partial charge is 0.308 e. The monoisotopic (exact) mass is 352 g/mol. The first-order valence-corrected chi connectivity index (χ1v) is 4.36. The molecule has 1 aliphatic carbocycles. The number of rotatable bonds is 0. The number of hydrogen-bond donors (Lipinski definition) is 0. The van der Waals surface area contributed by atoms with Gasteiger partial charge in [0.15, 0.2) is 0 Å². The maximum atomic E-state index is 7.05. The van der Waals surface area contributed by atoms with Gasteiger partial charge in [0.1, 0.15) is 0 Å². The third kappa shape index (κ3) is 2.01. The van der Waals surface area contributed by atoms with Crippen LogP contribution < -0.4 is 0 Å². The molecule has 0 N–H and O–H groups in total. The Labute approximate surface area is 93.2 Å². The summed E-state index contributed by atoms with van der Waals surface area (Å²) in [7, 11) is 0. The summed E-state index contributed by atoms with van der Waals surface area (Å²) in [6.07, 6.45) is 3.37. The van der Waals surface area contributed by atoms with Crippen LogP contribution in [-0.2, 0) is 27.5 Å². The van der Waals surface area contributed by atoms with E-state index in [1.54, 1.807) is 0 Å². The summed E-state index contributed by atoms with van der Waals surface area (Å²) in [6, 6.07) is 8.46. The topological polar surface area (TPSA) is 4.36 Å². The van der Waals surface area contributed by atoms with Crippen molar-refractivity contribution in [1.82, 2.24) is 0 Å². The van der Waals surface area contributed by atoms with Crippen LogP contribution in [0.1, 0.15) is 30.0 Å². The molecule has 0 amide bonds. The van der Waals surface area contributed by atoms with Crippen LogP contribution in [0.2, 0.25) is 0 Å². The van der Waals surface area contributed by atoms with E-state index in [1.807, 2.05) is 6.07 Å². The molecule has 70 valence electrons. The van der Waals surface area contributed by atoms with Gasteiger partial charge in [-0.15, -0.1) is 0 Å². The number of benzene rings is 1. The summed E-state index contributed by atoms with van der Waals surface area (Å²) in [6.45, 7) is 7.05. The minimum Gasteiger partial charge on any atom is -0.308 e. The Balaban J connectivity index is 0.000000845. The number of nitrogens with zero attached hydrogens (tertiary/aromatic N) is 1. The Bertz CT molecular complexity index is 327. The molecule has 1 unspecified atom stereocenters. The van der Waals surface area contributed by atoms with Crippen LogP contribution in [0.3, 0.4) is 0 Å². The third-order valence-electron chi connectivity index (χ3n) is 2.49. The van der Waals surface area contributed by atoms with Crippen molar-refractivity contribution in [3.63, 3.8) is 0 Å². The molecule has 13 heavy (non-hydrogen) atoms. The van der Waals surface area contributed by atoms with E-state index in [4.69, 9.17) is 6.57 Å². The van der Waals surface area contributed by atoms with Gasteiger partial charge in [-0.3, -0.25) is 0 Å². The van der Waals surface area contributed by atoms with Crippen molar-refractivity contribution in [2.45, 2.75) is 25.3 Å². The van der Waals surface area contributed by atoms with E-state index in [1.165, 1.54) is 17.5 Å². The smallest absolute Gasteiger partial charge is 0.249 e. The zero-order valence-electron chi connectivity index (χ0n) is 7.27.